The first kappa shape index (κ1) is 20.9. The lowest BCUT2D eigenvalue weighted by Crippen LogP contribution is -2.55. The second kappa shape index (κ2) is 7.95. The lowest BCUT2D eigenvalue weighted by Gasteiger charge is -2.32. The van der Waals surface area contributed by atoms with Gasteiger partial charge in [0.1, 0.15) is 12.4 Å². The Bertz CT molecular complexity index is 1250. The van der Waals surface area contributed by atoms with Crippen LogP contribution in [0.2, 0.25) is 0 Å². The minimum Gasteiger partial charge on any atom is -0.489 e. The molecule has 172 valence electrons. The third-order valence-corrected chi connectivity index (χ3v) is 7.61. The number of para-hydroxylation sites is 1. The average Bonchev–Trinajstić information content (AvgIpc) is 3.52. The van der Waals surface area contributed by atoms with Crippen LogP contribution in [0.25, 0.3) is 0 Å². The molecule has 1 amide bonds. The molecule has 1 N–H and O–H groups in total. The van der Waals surface area contributed by atoms with E-state index in [4.69, 9.17) is 4.74 Å². The van der Waals surface area contributed by atoms with Crippen molar-refractivity contribution in [2.24, 2.45) is 0 Å². The van der Waals surface area contributed by atoms with E-state index in [1.165, 1.54) is 0 Å². The van der Waals surface area contributed by atoms with Crippen LogP contribution in [0.3, 0.4) is 0 Å². The molecule has 7 nitrogen and oxygen atoms in total. The van der Waals surface area contributed by atoms with Crippen molar-refractivity contribution in [2.75, 3.05) is 11.9 Å². The molecule has 0 saturated carbocycles. The molecule has 3 aliphatic heterocycles. The van der Waals surface area contributed by atoms with E-state index in [9.17, 15) is 14.9 Å². The molecule has 3 aliphatic rings. The summed E-state index contributed by atoms with van der Waals surface area (Å²) in [5.74, 6) is 0.0374. The van der Waals surface area contributed by atoms with Crippen LogP contribution in [0.1, 0.15) is 35.4 Å². The van der Waals surface area contributed by atoms with Crippen molar-refractivity contribution in [2.45, 2.75) is 43.0 Å². The van der Waals surface area contributed by atoms with Crippen LogP contribution < -0.4 is 10.1 Å². The summed E-state index contributed by atoms with van der Waals surface area (Å²) in [6.45, 7) is 1.13. The number of nitro groups is 1. The van der Waals surface area contributed by atoms with E-state index in [1.807, 2.05) is 78.9 Å². The predicted octanol–water partition coefficient (Wildman–Crippen LogP) is 4.32. The number of carbonyl (C=O) groups is 1. The van der Waals surface area contributed by atoms with Crippen molar-refractivity contribution in [3.05, 3.63) is 106 Å². The van der Waals surface area contributed by atoms with Crippen molar-refractivity contribution in [3.8, 4) is 5.75 Å². The summed E-state index contributed by atoms with van der Waals surface area (Å²) in [4.78, 5) is 28.0. The van der Waals surface area contributed by atoms with Crippen LogP contribution in [-0.2, 0) is 16.9 Å². The molecule has 4 atom stereocenters. The minimum absolute atomic E-state index is 0.0663. The fourth-order valence-electron chi connectivity index (χ4n) is 6.30. The molecule has 0 bridgehead atoms. The van der Waals surface area contributed by atoms with E-state index in [1.54, 1.807) is 0 Å². The zero-order valence-electron chi connectivity index (χ0n) is 18.6. The van der Waals surface area contributed by atoms with Crippen LogP contribution in [0.4, 0.5) is 5.69 Å². The van der Waals surface area contributed by atoms with Gasteiger partial charge in [0.25, 0.3) is 11.9 Å². The highest BCUT2D eigenvalue weighted by molar-refractivity contribution is 6.07. The molecule has 0 radical (unpaired) electrons. The summed E-state index contributed by atoms with van der Waals surface area (Å²) in [5, 5.41) is 15.6. The van der Waals surface area contributed by atoms with Gasteiger partial charge in [0, 0.05) is 28.8 Å². The van der Waals surface area contributed by atoms with Crippen molar-refractivity contribution in [3.63, 3.8) is 0 Å². The fourth-order valence-corrected chi connectivity index (χ4v) is 6.30. The zero-order chi connectivity index (χ0) is 23.3. The standard InChI is InChI=1S/C27H25N3O4/c31-26-27(21-9-4-5-10-22(21)28-26)25(30(32)33)24(23-11-6-16-29(23)27)19-12-14-20(15-13-19)34-17-18-7-2-1-3-8-18/h1-5,7-10,12-15,23-25H,6,11,16-17H2,(H,28,31)/t23-,24-,25+,27-/m0/s1. The number of carbonyl (C=O) groups excluding carboxylic acids is 1. The fraction of sp³-hybridized carbons (Fsp3) is 0.296. The zero-order valence-corrected chi connectivity index (χ0v) is 18.6. The molecular formula is C27H25N3O4. The Kier molecular flexibility index (Phi) is 4.88. The summed E-state index contributed by atoms with van der Waals surface area (Å²) >= 11 is 0. The topological polar surface area (TPSA) is 84.7 Å². The Morgan fingerprint density at radius 1 is 1.03 bits per heavy atom. The van der Waals surface area contributed by atoms with E-state index in [2.05, 4.69) is 10.2 Å². The number of anilines is 1. The molecule has 2 fully saturated rings. The highest BCUT2D eigenvalue weighted by atomic mass is 16.6. The van der Waals surface area contributed by atoms with Gasteiger partial charge in [-0.15, -0.1) is 0 Å². The maximum absolute atomic E-state index is 13.5. The van der Waals surface area contributed by atoms with Gasteiger partial charge in [-0.3, -0.25) is 19.8 Å². The van der Waals surface area contributed by atoms with Gasteiger partial charge in [-0.2, -0.15) is 0 Å². The molecule has 3 aromatic carbocycles. The third-order valence-electron chi connectivity index (χ3n) is 7.61. The Morgan fingerprint density at radius 3 is 2.53 bits per heavy atom. The molecule has 7 heteroatoms. The summed E-state index contributed by atoms with van der Waals surface area (Å²) < 4.78 is 5.92. The van der Waals surface area contributed by atoms with Crippen molar-refractivity contribution in [1.82, 2.24) is 4.90 Å². The SMILES string of the molecule is O=C1Nc2ccccc2[C@]12[C@H]([N+](=O)[O-])[C@@H](c1ccc(OCc3ccccc3)cc1)[C@@H]1CCCN12. The number of hydrogen-bond acceptors (Lipinski definition) is 5. The Morgan fingerprint density at radius 2 is 1.76 bits per heavy atom. The largest absolute Gasteiger partial charge is 0.489 e. The first-order valence-corrected chi connectivity index (χ1v) is 11.7. The number of hydrogen-bond donors (Lipinski definition) is 1. The third kappa shape index (κ3) is 2.97. The van der Waals surface area contributed by atoms with Crippen molar-refractivity contribution in [1.29, 1.82) is 0 Å². The number of fused-ring (bicyclic) bond motifs is 4. The second-order valence-corrected chi connectivity index (χ2v) is 9.27. The van der Waals surface area contributed by atoms with E-state index < -0.39 is 17.5 Å². The number of rotatable bonds is 5. The first-order valence-electron chi connectivity index (χ1n) is 11.7. The summed E-state index contributed by atoms with van der Waals surface area (Å²) in [6, 6.07) is 23.8. The van der Waals surface area contributed by atoms with Gasteiger partial charge < -0.3 is 10.1 Å². The van der Waals surface area contributed by atoms with Gasteiger partial charge in [0.2, 0.25) is 0 Å². The van der Waals surface area contributed by atoms with Gasteiger partial charge in [-0.05, 0) is 42.2 Å². The molecule has 1 spiro atoms. The van der Waals surface area contributed by atoms with E-state index in [0.717, 1.165) is 29.5 Å². The lowest BCUT2D eigenvalue weighted by molar-refractivity contribution is -0.534. The Labute approximate surface area is 197 Å². The predicted molar refractivity (Wildman–Crippen MR) is 127 cm³/mol. The highest BCUT2D eigenvalue weighted by Crippen LogP contribution is 2.58. The summed E-state index contributed by atoms with van der Waals surface area (Å²) in [6.07, 6.45) is 1.75. The Hall–Kier alpha value is -3.71. The monoisotopic (exact) mass is 455 g/mol. The maximum atomic E-state index is 13.5. The smallest absolute Gasteiger partial charge is 0.256 e. The molecule has 0 aromatic heterocycles. The van der Waals surface area contributed by atoms with Crippen molar-refractivity contribution >= 4 is 11.6 Å². The second-order valence-electron chi connectivity index (χ2n) is 9.27. The summed E-state index contributed by atoms with van der Waals surface area (Å²) in [7, 11) is 0. The molecule has 6 rings (SSSR count). The number of amides is 1. The van der Waals surface area contributed by atoms with Crippen LogP contribution in [-0.4, -0.2) is 34.4 Å². The van der Waals surface area contributed by atoms with Crippen LogP contribution in [0.15, 0.2) is 78.9 Å². The molecule has 0 aliphatic carbocycles. The van der Waals surface area contributed by atoms with E-state index >= 15 is 0 Å². The van der Waals surface area contributed by atoms with Gasteiger partial charge in [-0.1, -0.05) is 60.7 Å². The Balaban J connectivity index is 1.36. The summed E-state index contributed by atoms with van der Waals surface area (Å²) in [5.41, 5.74) is 2.06. The molecule has 2 saturated heterocycles. The van der Waals surface area contributed by atoms with Crippen molar-refractivity contribution < 1.29 is 14.5 Å². The molecule has 3 heterocycles. The molecular weight excluding hydrogens is 430 g/mol. The quantitative estimate of drug-likeness (QED) is 0.458. The van der Waals surface area contributed by atoms with Gasteiger partial charge in [0.15, 0.2) is 5.54 Å². The van der Waals surface area contributed by atoms with Crippen LogP contribution in [0.5, 0.6) is 5.75 Å². The number of nitrogens with zero attached hydrogens (tertiary/aromatic N) is 2. The van der Waals surface area contributed by atoms with Gasteiger partial charge in [-0.25, -0.2) is 0 Å². The highest BCUT2D eigenvalue weighted by Gasteiger charge is 2.73. The minimum atomic E-state index is -1.28. The van der Waals surface area contributed by atoms with Gasteiger partial charge >= 0.3 is 0 Å². The average molecular weight is 456 g/mol. The van der Waals surface area contributed by atoms with Crippen LogP contribution >= 0.6 is 0 Å². The van der Waals surface area contributed by atoms with E-state index in [-0.39, 0.29) is 16.9 Å². The van der Waals surface area contributed by atoms with Gasteiger partial charge in [0.05, 0.1) is 5.92 Å². The maximum Gasteiger partial charge on any atom is 0.256 e. The lowest BCUT2D eigenvalue weighted by atomic mass is 9.77. The molecule has 3 aromatic rings. The number of nitrogens with one attached hydrogen (secondary N) is 1. The molecule has 0 unspecified atom stereocenters. The normalized spacial score (nSPS) is 27.4. The molecule has 34 heavy (non-hydrogen) atoms. The number of benzene rings is 3. The van der Waals surface area contributed by atoms with Crippen LogP contribution in [0, 0.1) is 10.1 Å². The number of ether oxygens (including phenoxy) is 1. The first-order chi connectivity index (χ1) is 16.6. The van der Waals surface area contributed by atoms with E-state index in [0.29, 0.717) is 24.6 Å².